The Morgan fingerprint density at radius 3 is 2.69 bits per heavy atom. The number of methoxy groups -OCH3 is 1. The monoisotopic (exact) mass is 454 g/mol. The third-order valence-electron chi connectivity index (χ3n) is 6.61. The highest BCUT2D eigenvalue weighted by atomic mass is 32.3. The highest BCUT2D eigenvalue weighted by Gasteiger charge is 2.32. The van der Waals surface area contributed by atoms with Crippen LogP contribution in [0.25, 0.3) is 10.9 Å². The molecule has 7 nitrogen and oxygen atoms in total. The van der Waals surface area contributed by atoms with E-state index in [0.717, 1.165) is 40.1 Å². The lowest BCUT2D eigenvalue weighted by atomic mass is 10.1. The van der Waals surface area contributed by atoms with Crippen LogP contribution in [0.5, 0.6) is 0 Å². The second kappa shape index (κ2) is 8.20. The first-order valence-corrected chi connectivity index (χ1v) is 12.6. The molecular formula is C24H30N4O3S. The zero-order chi connectivity index (χ0) is 22.5. The maximum atomic E-state index is 10.8. The normalized spacial score (nSPS) is 23.8. The van der Waals surface area contributed by atoms with E-state index in [1.165, 1.54) is 0 Å². The van der Waals surface area contributed by atoms with Gasteiger partial charge in [0.2, 0.25) is 0 Å². The first-order chi connectivity index (χ1) is 15.4. The Kier molecular flexibility index (Phi) is 5.51. The van der Waals surface area contributed by atoms with E-state index in [1.54, 1.807) is 7.11 Å². The predicted molar refractivity (Wildman–Crippen MR) is 131 cm³/mol. The average Bonchev–Trinajstić information content (AvgIpc) is 3.10. The smallest absolute Gasteiger partial charge is 0.131 e. The van der Waals surface area contributed by atoms with Crippen molar-refractivity contribution in [1.82, 2.24) is 4.98 Å². The molecule has 0 aliphatic carbocycles. The van der Waals surface area contributed by atoms with Gasteiger partial charge in [0.25, 0.3) is 0 Å². The third-order valence-corrected chi connectivity index (χ3v) is 8.47. The van der Waals surface area contributed by atoms with Crippen LogP contribution in [-0.4, -0.2) is 58.7 Å². The van der Waals surface area contributed by atoms with Crippen LogP contribution in [0.4, 0.5) is 11.5 Å². The molecule has 3 heterocycles. The number of hydrogen-bond acceptors (Lipinski definition) is 7. The van der Waals surface area contributed by atoms with Crippen LogP contribution in [0.15, 0.2) is 53.4 Å². The van der Waals surface area contributed by atoms with Gasteiger partial charge in [-0.2, -0.15) is 10.6 Å². The number of aryl methyl sites for hydroxylation is 1. The molecule has 4 N–H and O–H groups in total. The van der Waals surface area contributed by atoms with E-state index in [9.17, 15) is 9.11 Å². The number of nitrogens with two attached hydrogens (primary N) is 1. The number of benzene rings is 2. The molecule has 0 saturated carbocycles. The number of para-hydroxylation sites is 1. The third kappa shape index (κ3) is 3.72. The molecule has 1 saturated heterocycles. The molecule has 3 aromatic rings. The fourth-order valence-corrected chi connectivity index (χ4v) is 6.35. The minimum Gasteiger partial charge on any atom is -0.378 e. The molecule has 0 amide bonds. The Morgan fingerprint density at radius 2 is 1.91 bits per heavy atom. The minimum atomic E-state index is -2.83. The molecule has 1 fully saturated rings. The second-order valence-electron chi connectivity index (χ2n) is 8.71. The highest BCUT2D eigenvalue weighted by Crippen LogP contribution is 2.51. The van der Waals surface area contributed by atoms with E-state index in [0.29, 0.717) is 24.5 Å². The largest absolute Gasteiger partial charge is 0.378 e. The van der Waals surface area contributed by atoms with Crippen molar-refractivity contribution < 1.29 is 13.8 Å². The second-order valence-corrected chi connectivity index (χ2v) is 10.9. The van der Waals surface area contributed by atoms with Crippen LogP contribution < -0.4 is 15.5 Å². The van der Waals surface area contributed by atoms with Crippen molar-refractivity contribution in [1.29, 1.82) is 0 Å². The molecule has 2 aliphatic heterocycles. The summed E-state index contributed by atoms with van der Waals surface area (Å²) < 4.78 is 27.1. The first kappa shape index (κ1) is 21.5. The molecule has 2 aliphatic rings. The summed E-state index contributed by atoms with van der Waals surface area (Å²) in [6.45, 7) is 4.62. The van der Waals surface area contributed by atoms with Crippen LogP contribution in [0.1, 0.15) is 11.1 Å². The number of fused-ring (bicyclic) bond motifs is 2. The summed E-state index contributed by atoms with van der Waals surface area (Å²) in [5.74, 6) is 1.12. The molecule has 2 unspecified atom stereocenters. The SMILES string of the molecule is COC1CN(c2cc(N3CCS(O)(O)c4ccccc4C3)nc3c(C)cccc23)CC1N. The maximum absolute atomic E-state index is 10.8. The van der Waals surface area contributed by atoms with Gasteiger partial charge in [-0.1, -0.05) is 36.4 Å². The Morgan fingerprint density at radius 1 is 1.09 bits per heavy atom. The van der Waals surface area contributed by atoms with E-state index < -0.39 is 10.6 Å². The van der Waals surface area contributed by atoms with Crippen LogP contribution in [0.3, 0.4) is 0 Å². The van der Waals surface area contributed by atoms with Crippen molar-refractivity contribution in [2.45, 2.75) is 30.5 Å². The predicted octanol–water partition coefficient (Wildman–Crippen LogP) is 3.84. The number of pyridine rings is 1. The van der Waals surface area contributed by atoms with Crippen molar-refractivity contribution >= 4 is 33.0 Å². The van der Waals surface area contributed by atoms with Gasteiger partial charge in [0.1, 0.15) is 5.82 Å². The lowest BCUT2D eigenvalue weighted by Gasteiger charge is -2.32. The van der Waals surface area contributed by atoms with Gasteiger partial charge in [-0.15, -0.1) is 0 Å². The molecule has 2 atom stereocenters. The quantitative estimate of drug-likeness (QED) is 0.553. The summed E-state index contributed by atoms with van der Waals surface area (Å²) in [6.07, 6.45) is -0.00969. The number of anilines is 2. The first-order valence-electron chi connectivity index (χ1n) is 10.9. The van der Waals surface area contributed by atoms with Crippen molar-refractivity contribution in [3.63, 3.8) is 0 Å². The molecule has 2 aromatic carbocycles. The zero-order valence-electron chi connectivity index (χ0n) is 18.4. The van der Waals surface area contributed by atoms with Gasteiger partial charge < -0.3 is 20.3 Å². The number of rotatable bonds is 3. The summed E-state index contributed by atoms with van der Waals surface area (Å²) in [5, 5.41) is 1.09. The average molecular weight is 455 g/mol. The van der Waals surface area contributed by atoms with Crippen molar-refractivity contribution in [3.8, 4) is 0 Å². The number of nitrogens with zero attached hydrogens (tertiary/aromatic N) is 3. The van der Waals surface area contributed by atoms with Crippen LogP contribution in [-0.2, 0) is 11.3 Å². The molecule has 0 radical (unpaired) electrons. The summed E-state index contributed by atoms with van der Waals surface area (Å²) in [4.78, 5) is 10.1. The van der Waals surface area contributed by atoms with E-state index in [4.69, 9.17) is 15.5 Å². The molecular weight excluding hydrogens is 424 g/mol. The van der Waals surface area contributed by atoms with Gasteiger partial charge in [-0.3, -0.25) is 9.11 Å². The Bertz CT molecular complexity index is 1160. The molecule has 5 rings (SSSR count). The van der Waals surface area contributed by atoms with Crippen molar-refractivity contribution in [2.24, 2.45) is 5.73 Å². The van der Waals surface area contributed by atoms with Gasteiger partial charge >= 0.3 is 0 Å². The zero-order valence-corrected chi connectivity index (χ0v) is 19.3. The summed E-state index contributed by atoms with van der Waals surface area (Å²) in [6, 6.07) is 15.9. The van der Waals surface area contributed by atoms with E-state index in [-0.39, 0.29) is 17.9 Å². The minimum absolute atomic E-state index is 0.00969. The van der Waals surface area contributed by atoms with Crippen LogP contribution >= 0.6 is 10.6 Å². The summed E-state index contributed by atoms with van der Waals surface area (Å²) >= 11 is 0. The topological polar surface area (TPSA) is 95.1 Å². The Hall–Kier alpha value is -2.36. The number of hydrogen-bond donors (Lipinski definition) is 3. The Balaban J connectivity index is 1.60. The summed E-state index contributed by atoms with van der Waals surface area (Å²) in [5.41, 5.74) is 10.4. The lowest BCUT2D eigenvalue weighted by Crippen LogP contribution is -2.34. The lowest BCUT2D eigenvalue weighted by molar-refractivity contribution is 0.108. The molecule has 0 bridgehead atoms. The fourth-order valence-electron chi connectivity index (χ4n) is 4.81. The van der Waals surface area contributed by atoms with Gasteiger partial charge in [0.05, 0.1) is 28.3 Å². The molecule has 1 aromatic heterocycles. The van der Waals surface area contributed by atoms with Gasteiger partial charge in [-0.25, -0.2) is 4.98 Å². The van der Waals surface area contributed by atoms with Gasteiger partial charge in [0, 0.05) is 50.4 Å². The molecule has 170 valence electrons. The van der Waals surface area contributed by atoms with Gasteiger partial charge in [0.15, 0.2) is 0 Å². The van der Waals surface area contributed by atoms with Crippen molar-refractivity contribution in [2.75, 3.05) is 42.3 Å². The number of aromatic nitrogens is 1. The standard InChI is InChI=1S/C24H30N4O3S/c1-16-6-5-8-18-20(28-14-19(25)21(15-28)31-2)12-23(26-24(16)18)27-10-11-32(29,30)22-9-4-3-7-17(22)13-27/h3-9,12,19,21,29-30H,10-11,13-15,25H2,1-2H3. The molecule has 8 heteroatoms. The van der Waals surface area contributed by atoms with Crippen LogP contribution in [0.2, 0.25) is 0 Å². The molecule has 32 heavy (non-hydrogen) atoms. The highest BCUT2D eigenvalue weighted by molar-refractivity contribution is 8.24. The van der Waals surface area contributed by atoms with E-state index >= 15 is 0 Å². The fraction of sp³-hybridized carbons (Fsp3) is 0.375. The van der Waals surface area contributed by atoms with Crippen LogP contribution in [0, 0.1) is 6.92 Å². The van der Waals surface area contributed by atoms with Crippen molar-refractivity contribution in [3.05, 3.63) is 59.7 Å². The van der Waals surface area contributed by atoms with Gasteiger partial charge in [-0.05, 0) is 24.1 Å². The Labute approximate surface area is 190 Å². The molecule has 0 spiro atoms. The summed E-state index contributed by atoms with van der Waals surface area (Å²) in [7, 11) is -1.12. The van der Waals surface area contributed by atoms with E-state index in [2.05, 4.69) is 41.0 Å². The maximum Gasteiger partial charge on any atom is 0.131 e. The van der Waals surface area contributed by atoms with E-state index in [1.807, 2.05) is 24.3 Å². The number of ether oxygens (including phenoxy) is 1.